The topological polar surface area (TPSA) is 29.0 Å². The summed E-state index contributed by atoms with van der Waals surface area (Å²) in [5, 5.41) is 10.0. The van der Waals surface area contributed by atoms with Gasteiger partial charge in [0.2, 0.25) is 6.33 Å². The first kappa shape index (κ1) is 27.2. The van der Waals surface area contributed by atoms with Gasteiger partial charge in [-0.2, -0.15) is 0 Å². The number of unbranched alkanes of at least 4 members (excludes halogenated alkanes) is 16. The van der Waals surface area contributed by atoms with Gasteiger partial charge in [-0.25, -0.2) is 9.13 Å². The van der Waals surface area contributed by atoms with Crippen molar-refractivity contribution in [2.24, 2.45) is 0 Å². The summed E-state index contributed by atoms with van der Waals surface area (Å²) in [5.74, 6) is 0. The van der Waals surface area contributed by atoms with Crippen molar-refractivity contribution in [1.29, 1.82) is 0 Å². The third-order valence-electron chi connectivity index (χ3n) is 6.33. The van der Waals surface area contributed by atoms with Crippen molar-refractivity contribution in [2.45, 2.75) is 155 Å². The number of rotatable bonds is 22. The first-order valence-corrected chi connectivity index (χ1v) is 13.5. The fourth-order valence-corrected chi connectivity index (χ4v) is 4.30. The van der Waals surface area contributed by atoms with Crippen LogP contribution in [0.4, 0.5) is 0 Å². The lowest BCUT2D eigenvalue weighted by Crippen LogP contribution is -2.38. The van der Waals surface area contributed by atoms with Gasteiger partial charge in [0.15, 0.2) is 0 Å². The Morgan fingerprint density at radius 2 is 1.13 bits per heavy atom. The normalized spacial score (nSPS) is 12.5. The van der Waals surface area contributed by atoms with Crippen LogP contribution in [0.5, 0.6) is 0 Å². The van der Waals surface area contributed by atoms with Crippen LogP contribution in [0.3, 0.4) is 0 Å². The minimum Gasteiger partial charge on any atom is -0.389 e. The number of hydrogen-bond acceptors (Lipinski definition) is 1. The quantitative estimate of drug-likeness (QED) is 0.152. The smallest absolute Gasteiger partial charge is 0.243 e. The van der Waals surface area contributed by atoms with Crippen molar-refractivity contribution in [3.05, 3.63) is 18.7 Å². The number of aryl methyl sites for hydroxylation is 1. The highest BCUT2D eigenvalue weighted by Gasteiger charge is 2.09. The third kappa shape index (κ3) is 15.9. The van der Waals surface area contributed by atoms with E-state index in [2.05, 4.69) is 41.7 Å². The van der Waals surface area contributed by atoms with E-state index in [-0.39, 0.29) is 6.10 Å². The van der Waals surface area contributed by atoms with E-state index in [1.54, 1.807) is 0 Å². The van der Waals surface area contributed by atoms with E-state index in [1.165, 1.54) is 103 Å². The highest BCUT2D eigenvalue weighted by Crippen LogP contribution is 2.13. The van der Waals surface area contributed by atoms with Crippen molar-refractivity contribution < 1.29 is 9.67 Å². The summed E-state index contributed by atoms with van der Waals surface area (Å²) in [5.41, 5.74) is 0. The average Bonchev–Trinajstić information content (AvgIpc) is 3.19. The molecule has 3 nitrogen and oxygen atoms in total. The van der Waals surface area contributed by atoms with Crippen LogP contribution in [-0.4, -0.2) is 15.8 Å². The largest absolute Gasteiger partial charge is 0.389 e. The monoisotopic (exact) mass is 421 g/mol. The van der Waals surface area contributed by atoms with Gasteiger partial charge in [0, 0.05) is 0 Å². The highest BCUT2D eigenvalue weighted by molar-refractivity contribution is 4.67. The summed E-state index contributed by atoms with van der Waals surface area (Å²) < 4.78 is 4.41. The van der Waals surface area contributed by atoms with Crippen molar-refractivity contribution >= 4 is 0 Å². The number of hydrogen-bond donors (Lipinski definition) is 1. The molecule has 176 valence electrons. The second-order valence-corrected chi connectivity index (χ2v) is 9.45. The number of aliphatic hydroxyl groups excluding tert-OH is 1. The maximum Gasteiger partial charge on any atom is 0.243 e. The molecule has 0 aliphatic heterocycles. The summed E-state index contributed by atoms with van der Waals surface area (Å²) in [6, 6.07) is 0. The molecule has 0 radical (unpaired) electrons. The number of aliphatic hydroxyl groups is 1. The van der Waals surface area contributed by atoms with Gasteiger partial charge in [-0.05, 0) is 19.3 Å². The molecule has 0 aromatic carbocycles. The van der Waals surface area contributed by atoms with Crippen LogP contribution < -0.4 is 4.57 Å². The molecule has 1 heterocycles. The van der Waals surface area contributed by atoms with Gasteiger partial charge in [0.1, 0.15) is 18.9 Å². The van der Waals surface area contributed by atoms with Crippen LogP contribution in [0.1, 0.15) is 136 Å². The zero-order chi connectivity index (χ0) is 21.7. The number of imidazole rings is 1. The molecule has 0 amide bonds. The molecule has 3 heteroatoms. The van der Waals surface area contributed by atoms with Gasteiger partial charge in [0.05, 0.1) is 12.6 Å². The van der Waals surface area contributed by atoms with Crippen molar-refractivity contribution in [3.63, 3.8) is 0 Å². The minimum absolute atomic E-state index is 0.207. The Bertz CT molecular complexity index is 471. The van der Waals surface area contributed by atoms with Gasteiger partial charge < -0.3 is 5.11 Å². The Morgan fingerprint density at radius 1 is 0.667 bits per heavy atom. The molecule has 1 N–H and O–H groups in total. The summed E-state index contributed by atoms with van der Waals surface area (Å²) in [6.07, 6.45) is 32.1. The molecule has 0 saturated carbocycles. The van der Waals surface area contributed by atoms with Crippen molar-refractivity contribution in [3.8, 4) is 0 Å². The Balaban J connectivity index is 1.84. The SMILES string of the molecule is CCCCCCCCCCCCCCCCCCn1cc[n+](CC(O)CCCC)c1. The van der Waals surface area contributed by atoms with Crippen LogP contribution in [0, 0.1) is 0 Å². The Morgan fingerprint density at radius 3 is 1.63 bits per heavy atom. The molecule has 0 saturated heterocycles. The van der Waals surface area contributed by atoms with Crippen LogP contribution in [0.15, 0.2) is 18.7 Å². The van der Waals surface area contributed by atoms with Crippen molar-refractivity contribution in [2.75, 3.05) is 0 Å². The van der Waals surface area contributed by atoms with Gasteiger partial charge in [-0.15, -0.1) is 0 Å². The molecule has 1 aromatic heterocycles. The standard InChI is InChI=1S/C27H53N2O/c1-3-5-7-8-9-10-11-12-13-14-15-16-17-18-19-20-22-28-23-24-29(26-28)25-27(30)21-6-4-2/h23-24,26-27,30H,3-22,25H2,1-2H3/q+1. The van der Waals surface area contributed by atoms with Gasteiger partial charge in [0.25, 0.3) is 0 Å². The van der Waals surface area contributed by atoms with E-state index in [9.17, 15) is 5.11 Å². The average molecular weight is 422 g/mol. The lowest BCUT2D eigenvalue weighted by atomic mass is 10.0. The van der Waals surface area contributed by atoms with E-state index in [4.69, 9.17) is 0 Å². The van der Waals surface area contributed by atoms with Gasteiger partial charge in [-0.3, -0.25) is 0 Å². The molecule has 0 aliphatic rings. The second kappa shape index (κ2) is 20.1. The molecule has 0 fully saturated rings. The molecular weight excluding hydrogens is 368 g/mol. The third-order valence-corrected chi connectivity index (χ3v) is 6.33. The Labute approximate surface area is 188 Å². The molecule has 1 rings (SSSR count). The molecule has 0 bridgehead atoms. The highest BCUT2D eigenvalue weighted by atomic mass is 16.3. The van der Waals surface area contributed by atoms with Gasteiger partial charge in [-0.1, -0.05) is 117 Å². The maximum atomic E-state index is 10.0. The predicted octanol–water partition coefficient (Wildman–Crippen LogP) is 7.59. The molecular formula is C27H53N2O+. The molecule has 1 aromatic rings. The summed E-state index contributed by atoms with van der Waals surface area (Å²) in [7, 11) is 0. The maximum absolute atomic E-state index is 10.0. The fraction of sp³-hybridized carbons (Fsp3) is 0.889. The number of aromatic nitrogens is 2. The van der Waals surface area contributed by atoms with Crippen molar-refractivity contribution in [1.82, 2.24) is 4.57 Å². The first-order valence-electron chi connectivity index (χ1n) is 13.5. The second-order valence-electron chi connectivity index (χ2n) is 9.45. The van der Waals surface area contributed by atoms with Crippen LogP contribution in [-0.2, 0) is 13.1 Å². The predicted molar refractivity (Wildman–Crippen MR) is 130 cm³/mol. The first-order chi connectivity index (χ1) is 14.8. The van der Waals surface area contributed by atoms with Gasteiger partial charge >= 0.3 is 0 Å². The Kier molecular flexibility index (Phi) is 18.2. The molecule has 30 heavy (non-hydrogen) atoms. The van der Waals surface area contributed by atoms with Crippen LogP contribution in [0.25, 0.3) is 0 Å². The van der Waals surface area contributed by atoms with E-state index >= 15 is 0 Å². The zero-order valence-corrected chi connectivity index (χ0v) is 20.5. The number of nitrogens with zero attached hydrogens (tertiary/aromatic N) is 2. The van der Waals surface area contributed by atoms with E-state index in [0.29, 0.717) is 0 Å². The summed E-state index contributed by atoms with van der Waals surface area (Å²) in [6.45, 7) is 6.30. The molecule has 0 aliphatic carbocycles. The minimum atomic E-state index is -0.207. The van der Waals surface area contributed by atoms with Crippen LogP contribution in [0.2, 0.25) is 0 Å². The van der Waals surface area contributed by atoms with E-state index < -0.39 is 0 Å². The summed E-state index contributed by atoms with van der Waals surface area (Å²) in [4.78, 5) is 0. The lowest BCUT2D eigenvalue weighted by molar-refractivity contribution is -0.703. The van der Waals surface area contributed by atoms with Crippen LogP contribution >= 0.6 is 0 Å². The van der Waals surface area contributed by atoms with E-state index in [0.717, 1.165) is 32.4 Å². The molecule has 1 unspecified atom stereocenters. The Hall–Kier alpha value is -0.830. The van der Waals surface area contributed by atoms with E-state index in [1.807, 2.05) is 0 Å². The molecule has 1 atom stereocenters. The fourth-order valence-electron chi connectivity index (χ4n) is 4.30. The zero-order valence-electron chi connectivity index (χ0n) is 20.5. The lowest BCUT2D eigenvalue weighted by Gasteiger charge is -2.06. The molecule has 0 spiro atoms. The summed E-state index contributed by atoms with van der Waals surface area (Å²) >= 11 is 0.